The summed E-state index contributed by atoms with van der Waals surface area (Å²) in [4.78, 5) is 4.29. The molecule has 0 fully saturated rings. The minimum Gasteiger partial charge on any atom is -0.304 e. The molecule has 4 heteroatoms. The molecule has 0 spiro atoms. The van der Waals surface area contributed by atoms with Gasteiger partial charge in [-0.1, -0.05) is 49.4 Å². The van der Waals surface area contributed by atoms with Crippen LogP contribution in [0.4, 0.5) is 0 Å². The van der Waals surface area contributed by atoms with E-state index in [2.05, 4.69) is 69.9 Å². The summed E-state index contributed by atoms with van der Waals surface area (Å²) in [6.45, 7) is 2.96. The van der Waals surface area contributed by atoms with Gasteiger partial charge in [-0.15, -0.1) is 0 Å². The van der Waals surface area contributed by atoms with Crippen molar-refractivity contribution in [3.63, 3.8) is 0 Å². The van der Waals surface area contributed by atoms with Crippen LogP contribution in [0.5, 0.6) is 0 Å². The third-order valence-electron chi connectivity index (χ3n) is 3.25. The average Bonchev–Trinajstić information content (AvgIpc) is 2.98. The minimum atomic E-state index is 0.0404. The van der Waals surface area contributed by atoms with Crippen molar-refractivity contribution in [2.75, 3.05) is 6.54 Å². The van der Waals surface area contributed by atoms with Crippen LogP contribution in [0.1, 0.15) is 24.4 Å². The Hall–Kier alpha value is -2.20. The van der Waals surface area contributed by atoms with Gasteiger partial charge < -0.3 is 5.32 Å². The van der Waals surface area contributed by atoms with E-state index in [1.807, 2.05) is 0 Å². The number of nitrogens with one attached hydrogen (secondary N) is 2. The van der Waals surface area contributed by atoms with E-state index in [0.717, 1.165) is 12.4 Å². The lowest BCUT2D eigenvalue weighted by Gasteiger charge is -2.17. The van der Waals surface area contributed by atoms with Crippen LogP contribution in [-0.4, -0.2) is 21.7 Å². The zero-order chi connectivity index (χ0) is 13.1. The quantitative estimate of drug-likeness (QED) is 0.750. The summed E-state index contributed by atoms with van der Waals surface area (Å²) in [6.07, 6.45) is 1.55. The second-order valence-electron chi connectivity index (χ2n) is 4.43. The van der Waals surface area contributed by atoms with Crippen molar-refractivity contribution in [2.45, 2.75) is 13.0 Å². The van der Waals surface area contributed by atoms with Crippen LogP contribution in [0.25, 0.3) is 10.8 Å². The smallest absolute Gasteiger partial charge is 0.145 e. The summed E-state index contributed by atoms with van der Waals surface area (Å²) in [5, 5.41) is 12.9. The Balaban J connectivity index is 2.15. The minimum absolute atomic E-state index is 0.0404. The highest BCUT2D eigenvalue weighted by atomic mass is 15.2. The molecule has 0 radical (unpaired) electrons. The van der Waals surface area contributed by atoms with E-state index in [4.69, 9.17) is 0 Å². The Morgan fingerprint density at radius 1 is 1.16 bits per heavy atom. The maximum absolute atomic E-state index is 4.29. The Labute approximate surface area is 111 Å². The molecule has 0 aliphatic heterocycles. The molecule has 1 atom stereocenters. The standard InChI is InChI=1S/C15H16N4/c1-2-16-14(15-17-10-18-19-15)13-9-5-7-11-6-3-4-8-12(11)13/h3-10,14,16H,2H2,1H3,(H,17,18,19). The summed E-state index contributed by atoms with van der Waals surface area (Å²) in [5.41, 5.74) is 1.22. The number of fused-ring (bicyclic) bond motifs is 1. The number of rotatable bonds is 4. The summed E-state index contributed by atoms with van der Waals surface area (Å²) in [6, 6.07) is 14.8. The fraction of sp³-hybridized carbons (Fsp3) is 0.200. The Kier molecular flexibility index (Phi) is 3.25. The van der Waals surface area contributed by atoms with E-state index in [-0.39, 0.29) is 6.04 Å². The Morgan fingerprint density at radius 2 is 2.00 bits per heavy atom. The molecule has 0 aliphatic rings. The highest BCUT2D eigenvalue weighted by Gasteiger charge is 2.17. The first-order valence-corrected chi connectivity index (χ1v) is 6.46. The number of aromatic nitrogens is 3. The Bertz CT molecular complexity index is 655. The first kappa shape index (κ1) is 11.9. The molecule has 0 saturated heterocycles. The largest absolute Gasteiger partial charge is 0.304 e. The molecule has 3 aromatic rings. The van der Waals surface area contributed by atoms with Crippen LogP contribution >= 0.6 is 0 Å². The van der Waals surface area contributed by atoms with Crippen molar-refractivity contribution in [3.8, 4) is 0 Å². The Morgan fingerprint density at radius 3 is 2.79 bits per heavy atom. The molecule has 1 aromatic heterocycles. The molecule has 0 amide bonds. The van der Waals surface area contributed by atoms with Crippen molar-refractivity contribution < 1.29 is 0 Å². The number of benzene rings is 2. The molecule has 4 nitrogen and oxygen atoms in total. The molecule has 2 aromatic carbocycles. The van der Waals surface area contributed by atoms with E-state index in [1.165, 1.54) is 16.3 Å². The second-order valence-corrected chi connectivity index (χ2v) is 4.43. The molecule has 0 bridgehead atoms. The van der Waals surface area contributed by atoms with Gasteiger partial charge in [0, 0.05) is 0 Å². The molecule has 1 heterocycles. The normalized spacial score (nSPS) is 12.7. The van der Waals surface area contributed by atoms with Gasteiger partial charge in [0.25, 0.3) is 0 Å². The topological polar surface area (TPSA) is 53.6 Å². The number of H-pyrrole nitrogens is 1. The third kappa shape index (κ3) is 2.22. The second kappa shape index (κ2) is 5.20. The van der Waals surface area contributed by atoms with Crippen LogP contribution < -0.4 is 5.32 Å². The van der Waals surface area contributed by atoms with Gasteiger partial charge in [-0.2, -0.15) is 5.10 Å². The molecular formula is C15H16N4. The van der Waals surface area contributed by atoms with Crippen LogP contribution in [0.2, 0.25) is 0 Å². The van der Waals surface area contributed by atoms with Crippen molar-refractivity contribution in [1.82, 2.24) is 20.5 Å². The predicted octanol–water partition coefficient (Wildman–Crippen LogP) is 2.66. The maximum atomic E-state index is 4.29. The number of hydrogen-bond acceptors (Lipinski definition) is 3. The fourth-order valence-electron chi connectivity index (χ4n) is 2.41. The van der Waals surface area contributed by atoms with Gasteiger partial charge in [0.1, 0.15) is 12.2 Å². The van der Waals surface area contributed by atoms with Crippen LogP contribution in [0.15, 0.2) is 48.8 Å². The lowest BCUT2D eigenvalue weighted by molar-refractivity contribution is 0.603. The molecule has 19 heavy (non-hydrogen) atoms. The van der Waals surface area contributed by atoms with Crippen molar-refractivity contribution in [2.24, 2.45) is 0 Å². The van der Waals surface area contributed by atoms with Crippen molar-refractivity contribution in [1.29, 1.82) is 0 Å². The van der Waals surface area contributed by atoms with E-state index in [1.54, 1.807) is 6.33 Å². The van der Waals surface area contributed by atoms with Crippen LogP contribution in [-0.2, 0) is 0 Å². The van der Waals surface area contributed by atoms with Gasteiger partial charge in [0.15, 0.2) is 0 Å². The average molecular weight is 252 g/mol. The number of aromatic amines is 1. The first-order valence-electron chi connectivity index (χ1n) is 6.46. The highest BCUT2D eigenvalue weighted by molar-refractivity contribution is 5.86. The van der Waals surface area contributed by atoms with Crippen molar-refractivity contribution in [3.05, 3.63) is 60.2 Å². The zero-order valence-electron chi connectivity index (χ0n) is 10.8. The van der Waals surface area contributed by atoms with Crippen molar-refractivity contribution >= 4 is 10.8 Å². The summed E-state index contributed by atoms with van der Waals surface area (Å²) in [7, 11) is 0. The monoisotopic (exact) mass is 252 g/mol. The fourth-order valence-corrected chi connectivity index (χ4v) is 2.41. The number of nitrogens with zero attached hydrogens (tertiary/aromatic N) is 2. The van der Waals surface area contributed by atoms with Gasteiger partial charge in [-0.3, -0.25) is 5.10 Å². The lowest BCUT2D eigenvalue weighted by Crippen LogP contribution is -2.23. The van der Waals surface area contributed by atoms with E-state index >= 15 is 0 Å². The van der Waals surface area contributed by atoms with E-state index < -0.39 is 0 Å². The molecule has 2 N–H and O–H groups in total. The third-order valence-corrected chi connectivity index (χ3v) is 3.25. The highest BCUT2D eigenvalue weighted by Crippen LogP contribution is 2.26. The zero-order valence-corrected chi connectivity index (χ0v) is 10.8. The van der Waals surface area contributed by atoms with Gasteiger partial charge in [0.2, 0.25) is 0 Å². The van der Waals surface area contributed by atoms with Crippen LogP contribution in [0.3, 0.4) is 0 Å². The number of hydrogen-bond donors (Lipinski definition) is 2. The first-order chi connectivity index (χ1) is 9.40. The molecule has 1 unspecified atom stereocenters. The molecule has 3 rings (SSSR count). The van der Waals surface area contributed by atoms with Gasteiger partial charge in [-0.05, 0) is 22.9 Å². The van der Waals surface area contributed by atoms with Gasteiger partial charge in [0.05, 0.1) is 6.04 Å². The summed E-state index contributed by atoms with van der Waals surface area (Å²) in [5.74, 6) is 0.846. The maximum Gasteiger partial charge on any atom is 0.145 e. The summed E-state index contributed by atoms with van der Waals surface area (Å²) >= 11 is 0. The lowest BCUT2D eigenvalue weighted by atomic mass is 9.98. The SMILES string of the molecule is CCNC(c1ncn[nH]1)c1cccc2ccccc12. The van der Waals surface area contributed by atoms with E-state index in [9.17, 15) is 0 Å². The van der Waals surface area contributed by atoms with E-state index in [0.29, 0.717) is 0 Å². The molecule has 96 valence electrons. The van der Waals surface area contributed by atoms with Gasteiger partial charge >= 0.3 is 0 Å². The molecule has 0 saturated carbocycles. The molecule has 0 aliphatic carbocycles. The van der Waals surface area contributed by atoms with Crippen LogP contribution in [0, 0.1) is 0 Å². The predicted molar refractivity (Wildman–Crippen MR) is 75.9 cm³/mol. The van der Waals surface area contributed by atoms with Gasteiger partial charge in [-0.25, -0.2) is 4.98 Å². The summed E-state index contributed by atoms with van der Waals surface area (Å²) < 4.78 is 0. The molecular weight excluding hydrogens is 236 g/mol.